The lowest BCUT2D eigenvalue weighted by atomic mass is 9.94. The first-order chi connectivity index (χ1) is 31.7. The van der Waals surface area contributed by atoms with Gasteiger partial charge in [0, 0.05) is 52.3 Å². The molecule has 0 radical (unpaired) electrons. The molecule has 0 aliphatic carbocycles. The second kappa shape index (κ2) is 15.0. The molecule has 0 saturated carbocycles. The molecule has 0 bridgehead atoms. The van der Waals surface area contributed by atoms with Gasteiger partial charge in [-0.25, -0.2) is 0 Å². The molecule has 300 valence electrons. The summed E-state index contributed by atoms with van der Waals surface area (Å²) in [5, 5.41) is 7.22. The maximum absolute atomic E-state index is 7.10. The molecule has 0 amide bonds. The molecule has 64 heavy (non-hydrogen) atoms. The van der Waals surface area contributed by atoms with E-state index >= 15 is 0 Å². The topological polar surface area (TPSA) is 16.4 Å². The van der Waals surface area contributed by atoms with E-state index in [1.807, 2.05) is 22.7 Å². The van der Waals surface area contributed by atoms with E-state index in [1.54, 1.807) is 0 Å². The van der Waals surface area contributed by atoms with Crippen molar-refractivity contribution in [3.63, 3.8) is 0 Å². The summed E-state index contributed by atoms with van der Waals surface area (Å²) in [7, 11) is 0. The lowest BCUT2D eigenvalue weighted by molar-refractivity contribution is 0.670. The molecule has 0 N–H and O–H groups in total. The fourth-order valence-electron chi connectivity index (χ4n) is 9.70. The van der Waals surface area contributed by atoms with Gasteiger partial charge in [-0.3, -0.25) is 0 Å². The van der Waals surface area contributed by atoms with Crippen LogP contribution in [0.2, 0.25) is 0 Å². The van der Waals surface area contributed by atoms with Crippen molar-refractivity contribution >= 4 is 102 Å². The number of benzene rings is 10. The van der Waals surface area contributed by atoms with E-state index in [9.17, 15) is 0 Å². The lowest BCUT2D eigenvalue weighted by Crippen LogP contribution is -2.10. The lowest BCUT2D eigenvalue weighted by Gasteiger charge is -2.27. The second-order valence-electron chi connectivity index (χ2n) is 16.4. The van der Waals surface area contributed by atoms with Crippen LogP contribution in [0, 0.1) is 0 Å². The average molecular weight is 852 g/mol. The highest BCUT2D eigenvalue weighted by atomic mass is 32.1. The van der Waals surface area contributed by atoms with Crippen LogP contribution in [0.15, 0.2) is 229 Å². The molecule has 10 aromatic carbocycles. The Kier molecular flexibility index (Phi) is 8.61. The highest BCUT2D eigenvalue weighted by molar-refractivity contribution is 7.26. The van der Waals surface area contributed by atoms with Crippen LogP contribution in [0.1, 0.15) is 0 Å². The third kappa shape index (κ3) is 5.99. The SMILES string of the molecule is c1ccc(-c2ccc3c(c2)oc2c(-c4ccccc4)ccc(N(c4ccc5sc6cc(-c7ccccc7)cc(-c7ccccc7)c6c5c4)c4cccc5c4sc4ccccc45)c23)cc1. The van der Waals surface area contributed by atoms with Crippen molar-refractivity contribution in [2.75, 3.05) is 4.90 Å². The first kappa shape index (κ1) is 36.9. The van der Waals surface area contributed by atoms with Gasteiger partial charge in [0.15, 0.2) is 0 Å². The van der Waals surface area contributed by atoms with E-state index < -0.39 is 0 Å². The molecule has 0 saturated heterocycles. The molecule has 13 aromatic rings. The summed E-state index contributed by atoms with van der Waals surface area (Å²) in [4.78, 5) is 2.50. The van der Waals surface area contributed by atoms with E-state index in [4.69, 9.17) is 4.42 Å². The van der Waals surface area contributed by atoms with Crippen LogP contribution >= 0.6 is 22.7 Å². The number of rotatable bonds is 7. The van der Waals surface area contributed by atoms with E-state index in [1.165, 1.54) is 62.6 Å². The zero-order valence-corrected chi connectivity index (χ0v) is 36.2. The number of hydrogen-bond acceptors (Lipinski definition) is 4. The van der Waals surface area contributed by atoms with Gasteiger partial charge in [-0.15, -0.1) is 22.7 Å². The summed E-state index contributed by atoms with van der Waals surface area (Å²) < 4.78 is 12.2. The van der Waals surface area contributed by atoms with Crippen LogP contribution < -0.4 is 4.90 Å². The molecular weight excluding hydrogens is 815 g/mol. The molecule has 2 nitrogen and oxygen atoms in total. The van der Waals surface area contributed by atoms with Crippen molar-refractivity contribution in [3.05, 3.63) is 224 Å². The molecule has 0 unspecified atom stereocenters. The van der Waals surface area contributed by atoms with Crippen molar-refractivity contribution in [1.82, 2.24) is 0 Å². The van der Waals surface area contributed by atoms with Crippen molar-refractivity contribution < 1.29 is 4.42 Å². The van der Waals surface area contributed by atoms with E-state index in [-0.39, 0.29) is 0 Å². The maximum atomic E-state index is 7.10. The van der Waals surface area contributed by atoms with Gasteiger partial charge in [0.2, 0.25) is 0 Å². The molecular formula is C60H37NOS2. The normalized spacial score (nSPS) is 11.8. The number of fused-ring (bicyclic) bond motifs is 9. The second-order valence-corrected chi connectivity index (χ2v) is 18.5. The van der Waals surface area contributed by atoms with Crippen molar-refractivity contribution in [1.29, 1.82) is 0 Å². The smallest absolute Gasteiger partial charge is 0.145 e. The van der Waals surface area contributed by atoms with Gasteiger partial charge < -0.3 is 9.32 Å². The first-order valence-electron chi connectivity index (χ1n) is 21.7. The van der Waals surface area contributed by atoms with Gasteiger partial charge >= 0.3 is 0 Å². The Balaban J connectivity index is 1.12. The quantitative estimate of drug-likeness (QED) is 0.159. The van der Waals surface area contributed by atoms with E-state index in [0.29, 0.717) is 0 Å². The first-order valence-corrected chi connectivity index (χ1v) is 23.3. The highest BCUT2D eigenvalue weighted by Gasteiger charge is 2.26. The van der Waals surface area contributed by atoms with Crippen LogP contribution in [0.3, 0.4) is 0 Å². The Morgan fingerprint density at radius 3 is 1.72 bits per heavy atom. The van der Waals surface area contributed by atoms with E-state index in [0.717, 1.165) is 61.3 Å². The molecule has 0 fully saturated rings. The van der Waals surface area contributed by atoms with Gasteiger partial charge in [-0.2, -0.15) is 0 Å². The van der Waals surface area contributed by atoms with Gasteiger partial charge in [0.25, 0.3) is 0 Å². The predicted molar refractivity (Wildman–Crippen MR) is 276 cm³/mol. The molecule has 0 spiro atoms. The van der Waals surface area contributed by atoms with Crippen LogP contribution in [0.4, 0.5) is 17.1 Å². The minimum atomic E-state index is 0.863. The maximum Gasteiger partial charge on any atom is 0.145 e. The molecule has 0 aliphatic heterocycles. The zero-order chi connectivity index (χ0) is 42.1. The highest BCUT2D eigenvalue weighted by Crippen LogP contribution is 2.52. The molecule has 0 aliphatic rings. The molecule has 4 heteroatoms. The monoisotopic (exact) mass is 851 g/mol. The standard InChI is InChI=1S/C60H37NOS2/c1-5-16-38(17-6-1)42-28-30-48-53(35-42)62-59-45(40-20-9-3-10-21-40)31-32-51(58(48)59)61(52-26-15-25-47-46-24-13-14-27-54(46)64-60(47)52)44-29-33-55-50(37-44)57-49(41-22-11-4-12-23-41)34-43(36-56(57)63-55)39-18-7-2-8-19-39/h1-37H. The molecule has 13 rings (SSSR count). The number of anilines is 3. The van der Waals surface area contributed by atoms with Crippen LogP contribution in [-0.4, -0.2) is 0 Å². The van der Waals surface area contributed by atoms with Gasteiger partial charge in [-0.1, -0.05) is 158 Å². The summed E-state index contributed by atoms with van der Waals surface area (Å²) in [6.07, 6.45) is 0. The Morgan fingerprint density at radius 1 is 0.328 bits per heavy atom. The minimum Gasteiger partial charge on any atom is -0.455 e. The summed E-state index contributed by atoms with van der Waals surface area (Å²) in [6, 6.07) is 81.5. The van der Waals surface area contributed by atoms with Crippen molar-refractivity contribution in [2.45, 2.75) is 0 Å². The van der Waals surface area contributed by atoms with Crippen LogP contribution in [0.5, 0.6) is 0 Å². The average Bonchev–Trinajstić information content (AvgIpc) is 4.07. The van der Waals surface area contributed by atoms with Crippen molar-refractivity contribution in [2.24, 2.45) is 0 Å². The number of hydrogen-bond donors (Lipinski definition) is 0. The third-order valence-electron chi connectivity index (χ3n) is 12.7. The molecule has 0 atom stereocenters. The Bertz CT molecular complexity index is 3890. The van der Waals surface area contributed by atoms with Crippen molar-refractivity contribution in [3.8, 4) is 44.5 Å². The van der Waals surface area contributed by atoms with E-state index in [2.05, 4.69) is 229 Å². The Labute approximate surface area is 378 Å². The fraction of sp³-hybridized carbons (Fsp3) is 0. The number of furan rings is 1. The Morgan fingerprint density at radius 2 is 0.969 bits per heavy atom. The van der Waals surface area contributed by atoms with Gasteiger partial charge in [0.1, 0.15) is 11.2 Å². The number of nitrogens with zero attached hydrogens (tertiary/aromatic N) is 1. The zero-order valence-electron chi connectivity index (χ0n) is 34.5. The Hall–Kier alpha value is -7.76. The van der Waals surface area contributed by atoms with Gasteiger partial charge in [-0.05, 0) is 106 Å². The summed E-state index contributed by atoms with van der Waals surface area (Å²) in [5.74, 6) is 0. The minimum absolute atomic E-state index is 0.863. The van der Waals surface area contributed by atoms with Crippen LogP contribution in [-0.2, 0) is 0 Å². The third-order valence-corrected chi connectivity index (χ3v) is 15.0. The van der Waals surface area contributed by atoms with Crippen LogP contribution in [0.25, 0.3) is 107 Å². The van der Waals surface area contributed by atoms with Gasteiger partial charge in [0.05, 0.1) is 21.5 Å². The molecule has 3 heterocycles. The summed E-state index contributed by atoms with van der Waals surface area (Å²) in [5.41, 5.74) is 14.4. The predicted octanol–water partition coefficient (Wildman–Crippen LogP) is 18.5. The largest absolute Gasteiger partial charge is 0.455 e. The summed E-state index contributed by atoms with van der Waals surface area (Å²) in [6.45, 7) is 0. The fourth-order valence-corrected chi connectivity index (χ4v) is 12.1. The molecule has 3 aromatic heterocycles. The number of thiophene rings is 2. The summed E-state index contributed by atoms with van der Waals surface area (Å²) >= 11 is 3.73.